The largest absolute Gasteiger partial charge is 0.0654 e. The molecule has 1 aromatic rings. The van der Waals surface area contributed by atoms with Crippen LogP contribution >= 0.6 is 15.9 Å². The molecule has 0 atom stereocenters. The molecule has 0 saturated heterocycles. The summed E-state index contributed by atoms with van der Waals surface area (Å²) < 4.78 is 1.26. The van der Waals surface area contributed by atoms with Crippen LogP contribution in [-0.2, 0) is 6.42 Å². The van der Waals surface area contributed by atoms with Gasteiger partial charge in [-0.1, -0.05) is 47.8 Å². The predicted molar refractivity (Wildman–Crippen MR) is 66.8 cm³/mol. The molecule has 0 aliphatic carbocycles. The normalized spacial score (nSPS) is 10.6. The van der Waals surface area contributed by atoms with Gasteiger partial charge in [0.25, 0.3) is 0 Å². The van der Waals surface area contributed by atoms with Crippen LogP contribution in [0.5, 0.6) is 0 Å². The summed E-state index contributed by atoms with van der Waals surface area (Å²) in [5, 5.41) is 0. The first-order valence-electron chi connectivity index (χ1n) is 5.40. The van der Waals surface area contributed by atoms with E-state index in [9.17, 15) is 0 Å². The Bertz CT molecular complexity index is 279. The fourth-order valence-electron chi connectivity index (χ4n) is 1.76. The maximum Gasteiger partial charge on any atom is 0.0233 e. The van der Waals surface area contributed by atoms with E-state index in [1.165, 1.54) is 46.8 Å². The zero-order valence-corrected chi connectivity index (χ0v) is 10.9. The van der Waals surface area contributed by atoms with E-state index in [0.29, 0.717) is 0 Å². The molecule has 1 rings (SSSR count). The van der Waals surface area contributed by atoms with Crippen molar-refractivity contribution in [3.63, 3.8) is 0 Å². The van der Waals surface area contributed by atoms with Crippen molar-refractivity contribution in [1.82, 2.24) is 0 Å². The van der Waals surface area contributed by atoms with Crippen LogP contribution in [0.4, 0.5) is 0 Å². The molecule has 78 valence electrons. The number of halogens is 1. The minimum Gasteiger partial charge on any atom is -0.0654 e. The second kappa shape index (κ2) is 5.55. The van der Waals surface area contributed by atoms with E-state index in [1.54, 1.807) is 0 Å². The second-order valence-corrected chi connectivity index (χ2v) is 4.79. The molecule has 0 aliphatic rings. The fourth-order valence-corrected chi connectivity index (χ4v) is 1.99. The Kier molecular flexibility index (Phi) is 4.67. The molecular weight excluding hydrogens is 236 g/mol. The van der Waals surface area contributed by atoms with Gasteiger partial charge in [-0.05, 0) is 43.4 Å². The molecule has 0 fully saturated rings. The molecule has 0 saturated carbocycles. The standard InChI is InChI=1S/C13H19Br/c1-4-5-6-7-12-8-10(2)13(14)11(3)9-12/h8-9H,4-7H2,1-3H3. The van der Waals surface area contributed by atoms with Crippen LogP contribution in [0.15, 0.2) is 16.6 Å². The molecule has 0 amide bonds. The summed E-state index contributed by atoms with van der Waals surface area (Å²) in [6.07, 6.45) is 5.18. The van der Waals surface area contributed by atoms with Crippen molar-refractivity contribution >= 4 is 15.9 Å². The molecule has 0 nitrogen and oxygen atoms in total. The summed E-state index contributed by atoms with van der Waals surface area (Å²) in [6.45, 7) is 6.58. The van der Waals surface area contributed by atoms with Gasteiger partial charge in [0.1, 0.15) is 0 Å². The summed E-state index contributed by atoms with van der Waals surface area (Å²) in [5.41, 5.74) is 4.20. The van der Waals surface area contributed by atoms with Crippen LogP contribution in [0.1, 0.15) is 42.9 Å². The maximum absolute atomic E-state index is 3.60. The zero-order chi connectivity index (χ0) is 10.6. The topological polar surface area (TPSA) is 0 Å². The van der Waals surface area contributed by atoms with E-state index >= 15 is 0 Å². The molecule has 0 radical (unpaired) electrons. The number of unbranched alkanes of at least 4 members (excludes halogenated alkanes) is 2. The van der Waals surface area contributed by atoms with E-state index in [4.69, 9.17) is 0 Å². The Labute approximate surface area is 95.9 Å². The Morgan fingerprint density at radius 2 is 1.64 bits per heavy atom. The van der Waals surface area contributed by atoms with Gasteiger partial charge in [-0.15, -0.1) is 0 Å². The number of rotatable bonds is 4. The highest BCUT2D eigenvalue weighted by Crippen LogP contribution is 2.23. The van der Waals surface area contributed by atoms with Crippen LogP contribution in [0.25, 0.3) is 0 Å². The van der Waals surface area contributed by atoms with E-state index in [-0.39, 0.29) is 0 Å². The monoisotopic (exact) mass is 254 g/mol. The van der Waals surface area contributed by atoms with Crippen molar-refractivity contribution < 1.29 is 0 Å². The summed E-state index contributed by atoms with van der Waals surface area (Å²) >= 11 is 3.60. The van der Waals surface area contributed by atoms with Gasteiger partial charge in [0.15, 0.2) is 0 Å². The van der Waals surface area contributed by atoms with E-state index in [2.05, 4.69) is 48.8 Å². The summed E-state index contributed by atoms with van der Waals surface area (Å²) in [6, 6.07) is 4.60. The van der Waals surface area contributed by atoms with Gasteiger partial charge < -0.3 is 0 Å². The lowest BCUT2D eigenvalue weighted by Gasteiger charge is -2.07. The van der Waals surface area contributed by atoms with Crippen molar-refractivity contribution in [2.45, 2.75) is 46.5 Å². The van der Waals surface area contributed by atoms with Crippen molar-refractivity contribution in [1.29, 1.82) is 0 Å². The van der Waals surface area contributed by atoms with Crippen molar-refractivity contribution in [3.8, 4) is 0 Å². The fraction of sp³-hybridized carbons (Fsp3) is 0.538. The quantitative estimate of drug-likeness (QED) is 0.678. The molecule has 0 bridgehead atoms. The second-order valence-electron chi connectivity index (χ2n) is 4.00. The number of hydrogen-bond donors (Lipinski definition) is 0. The van der Waals surface area contributed by atoms with Crippen molar-refractivity contribution in [2.24, 2.45) is 0 Å². The summed E-state index contributed by atoms with van der Waals surface area (Å²) in [7, 11) is 0. The number of aryl methyl sites for hydroxylation is 3. The summed E-state index contributed by atoms with van der Waals surface area (Å²) in [4.78, 5) is 0. The zero-order valence-electron chi connectivity index (χ0n) is 9.36. The Hall–Kier alpha value is -0.300. The molecule has 1 heteroatoms. The van der Waals surface area contributed by atoms with Gasteiger partial charge in [-0.2, -0.15) is 0 Å². The van der Waals surface area contributed by atoms with Crippen LogP contribution in [0, 0.1) is 13.8 Å². The van der Waals surface area contributed by atoms with Gasteiger partial charge in [0.05, 0.1) is 0 Å². The smallest absolute Gasteiger partial charge is 0.0233 e. The molecule has 1 aromatic carbocycles. The van der Waals surface area contributed by atoms with Crippen molar-refractivity contribution in [2.75, 3.05) is 0 Å². The van der Waals surface area contributed by atoms with E-state index in [1.807, 2.05) is 0 Å². The molecule has 0 unspecified atom stereocenters. The van der Waals surface area contributed by atoms with Gasteiger partial charge in [0.2, 0.25) is 0 Å². The Morgan fingerprint density at radius 1 is 1.07 bits per heavy atom. The van der Waals surface area contributed by atoms with Gasteiger partial charge >= 0.3 is 0 Å². The molecule has 0 N–H and O–H groups in total. The van der Waals surface area contributed by atoms with Gasteiger partial charge in [-0.25, -0.2) is 0 Å². The molecule has 0 heterocycles. The minimum atomic E-state index is 1.23. The lowest BCUT2D eigenvalue weighted by molar-refractivity contribution is 0.717. The maximum atomic E-state index is 3.60. The van der Waals surface area contributed by atoms with E-state index < -0.39 is 0 Å². The molecule has 0 aliphatic heterocycles. The Balaban J connectivity index is 2.69. The van der Waals surface area contributed by atoms with Crippen LogP contribution in [0.3, 0.4) is 0 Å². The number of hydrogen-bond acceptors (Lipinski definition) is 0. The van der Waals surface area contributed by atoms with Crippen LogP contribution in [-0.4, -0.2) is 0 Å². The average Bonchev–Trinajstić information content (AvgIpc) is 2.14. The molecular formula is C13H19Br. The third-order valence-electron chi connectivity index (χ3n) is 2.57. The van der Waals surface area contributed by atoms with Crippen molar-refractivity contribution in [3.05, 3.63) is 33.3 Å². The molecule has 14 heavy (non-hydrogen) atoms. The SMILES string of the molecule is CCCCCc1cc(C)c(Br)c(C)c1. The third-order valence-corrected chi connectivity index (χ3v) is 3.82. The lowest BCUT2D eigenvalue weighted by Crippen LogP contribution is -1.90. The van der Waals surface area contributed by atoms with Gasteiger partial charge in [0, 0.05) is 4.47 Å². The van der Waals surface area contributed by atoms with Crippen LogP contribution in [0.2, 0.25) is 0 Å². The van der Waals surface area contributed by atoms with E-state index in [0.717, 1.165) is 0 Å². The first kappa shape index (κ1) is 11.8. The molecule has 0 aromatic heterocycles. The predicted octanol–water partition coefficient (Wildman–Crippen LogP) is 4.80. The summed E-state index contributed by atoms with van der Waals surface area (Å²) in [5.74, 6) is 0. The number of benzene rings is 1. The highest BCUT2D eigenvalue weighted by atomic mass is 79.9. The third kappa shape index (κ3) is 3.13. The first-order valence-corrected chi connectivity index (χ1v) is 6.20. The average molecular weight is 255 g/mol. The Morgan fingerprint density at radius 3 is 2.14 bits per heavy atom. The van der Waals surface area contributed by atoms with Gasteiger partial charge in [-0.3, -0.25) is 0 Å². The first-order chi connectivity index (χ1) is 6.65. The molecule has 0 spiro atoms. The van der Waals surface area contributed by atoms with Crippen LogP contribution < -0.4 is 0 Å². The lowest BCUT2D eigenvalue weighted by atomic mass is 10.0. The highest BCUT2D eigenvalue weighted by Gasteiger charge is 2.01. The minimum absolute atomic E-state index is 1.23. The highest BCUT2D eigenvalue weighted by molar-refractivity contribution is 9.10.